The van der Waals surface area contributed by atoms with Gasteiger partial charge in [0, 0.05) is 19.6 Å². The van der Waals surface area contributed by atoms with Gasteiger partial charge in [-0.15, -0.1) is 0 Å². The molecule has 1 aromatic rings. The van der Waals surface area contributed by atoms with Crippen molar-refractivity contribution in [2.45, 2.75) is 24.5 Å². The monoisotopic (exact) mass is 284 g/mol. The van der Waals surface area contributed by atoms with Gasteiger partial charge in [0.1, 0.15) is 0 Å². The fourth-order valence-electron chi connectivity index (χ4n) is 2.14. The first-order valence-electron chi connectivity index (χ1n) is 6.39. The second-order valence-corrected chi connectivity index (χ2v) is 6.66. The summed E-state index contributed by atoms with van der Waals surface area (Å²) in [6.45, 7) is 3.91. The largest absolute Gasteiger partial charge is 0.376 e. The summed E-state index contributed by atoms with van der Waals surface area (Å²) in [6.07, 6.45) is -0.0490. The third-order valence-electron chi connectivity index (χ3n) is 3.15. The van der Waals surface area contributed by atoms with Gasteiger partial charge in [-0.05, 0) is 31.7 Å². The minimum absolute atomic E-state index is 0.0490. The number of morpholine rings is 1. The van der Waals surface area contributed by atoms with Crippen LogP contribution >= 0.6 is 0 Å². The molecule has 5 nitrogen and oxygen atoms in total. The standard InChI is InChI=1S/C13H20N2O3S/c1-11-10-15(7-8-18-11)19(16,17)13-5-3-12(4-6-13)9-14-2/h3-6,11,14H,7-10H2,1-2H3. The van der Waals surface area contributed by atoms with Crippen molar-refractivity contribution < 1.29 is 13.2 Å². The van der Waals surface area contributed by atoms with Crippen molar-refractivity contribution in [3.63, 3.8) is 0 Å². The van der Waals surface area contributed by atoms with Gasteiger partial charge < -0.3 is 10.1 Å². The molecule has 1 atom stereocenters. The van der Waals surface area contributed by atoms with Crippen molar-refractivity contribution in [2.24, 2.45) is 0 Å². The Balaban J connectivity index is 2.18. The van der Waals surface area contributed by atoms with Crippen LogP contribution in [0.1, 0.15) is 12.5 Å². The van der Waals surface area contributed by atoms with Crippen LogP contribution in [-0.2, 0) is 21.3 Å². The highest BCUT2D eigenvalue weighted by Gasteiger charge is 2.28. The predicted molar refractivity (Wildman–Crippen MR) is 73.4 cm³/mol. The number of ether oxygens (including phenoxy) is 1. The number of hydrogen-bond acceptors (Lipinski definition) is 4. The Bertz CT molecular complexity index is 513. The zero-order chi connectivity index (χ0) is 13.9. The first-order valence-corrected chi connectivity index (χ1v) is 7.83. The van der Waals surface area contributed by atoms with Gasteiger partial charge >= 0.3 is 0 Å². The SMILES string of the molecule is CNCc1ccc(S(=O)(=O)N2CCOC(C)C2)cc1. The summed E-state index contributed by atoms with van der Waals surface area (Å²) >= 11 is 0. The molecule has 106 valence electrons. The molecule has 19 heavy (non-hydrogen) atoms. The normalized spacial score (nSPS) is 21.5. The number of sulfonamides is 1. The molecule has 1 heterocycles. The lowest BCUT2D eigenvalue weighted by Crippen LogP contribution is -2.44. The molecule has 1 unspecified atom stereocenters. The van der Waals surface area contributed by atoms with Crippen LogP contribution in [0.25, 0.3) is 0 Å². The molecule has 0 aliphatic carbocycles. The number of nitrogens with one attached hydrogen (secondary N) is 1. The van der Waals surface area contributed by atoms with E-state index in [1.54, 1.807) is 12.1 Å². The number of hydrogen-bond donors (Lipinski definition) is 1. The van der Waals surface area contributed by atoms with Gasteiger partial charge in [-0.1, -0.05) is 12.1 Å². The van der Waals surface area contributed by atoms with Crippen molar-refractivity contribution in [3.05, 3.63) is 29.8 Å². The van der Waals surface area contributed by atoms with Crippen molar-refractivity contribution >= 4 is 10.0 Å². The summed E-state index contributed by atoms with van der Waals surface area (Å²) in [4.78, 5) is 0.349. The second-order valence-electron chi connectivity index (χ2n) is 4.72. The highest BCUT2D eigenvalue weighted by atomic mass is 32.2. The molecule has 0 radical (unpaired) electrons. The molecular weight excluding hydrogens is 264 g/mol. The molecule has 6 heteroatoms. The Morgan fingerprint density at radius 2 is 2.05 bits per heavy atom. The van der Waals surface area contributed by atoms with E-state index in [0.717, 1.165) is 12.1 Å². The Hall–Kier alpha value is -0.950. The summed E-state index contributed by atoms with van der Waals surface area (Å²) in [5, 5.41) is 3.03. The predicted octanol–water partition coefficient (Wildman–Crippen LogP) is 0.815. The van der Waals surface area contributed by atoms with E-state index in [2.05, 4.69) is 5.32 Å². The summed E-state index contributed by atoms with van der Waals surface area (Å²) < 4.78 is 31.8. The minimum atomic E-state index is -3.39. The molecule has 1 fully saturated rings. The van der Waals surface area contributed by atoms with E-state index in [-0.39, 0.29) is 6.10 Å². The van der Waals surface area contributed by atoms with Crippen molar-refractivity contribution in [3.8, 4) is 0 Å². The smallest absolute Gasteiger partial charge is 0.243 e. The third kappa shape index (κ3) is 3.33. The Labute approximate surface area is 114 Å². The fraction of sp³-hybridized carbons (Fsp3) is 0.538. The van der Waals surface area contributed by atoms with Gasteiger partial charge in [0.25, 0.3) is 0 Å². The summed E-state index contributed by atoms with van der Waals surface area (Å²) in [5.41, 5.74) is 1.07. The van der Waals surface area contributed by atoms with Gasteiger partial charge in [0.2, 0.25) is 10.0 Å². The lowest BCUT2D eigenvalue weighted by molar-refractivity contribution is 0.0102. The average Bonchev–Trinajstić information content (AvgIpc) is 2.40. The minimum Gasteiger partial charge on any atom is -0.376 e. The molecule has 1 aromatic carbocycles. The molecule has 1 aliphatic rings. The lowest BCUT2D eigenvalue weighted by atomic mass is 10.2. The van der Waals surface area contributed by atoms with Crippen LogP contribution in [0, 0.1) is 0 Å². The van der Waals surface area contributed by atoms with Crippen LogP contribution in [0.5, 0.6) is 0 Å². The first-order chi connectivity index (χ1) is 9.04. The van der Waals surface area contributed by atoms with Crippen LogP contribution < -0.4 is 5.32 Å². The van der Waals surface area contributed by atoms with E-state index >= 15 is 0 Å². The van der Waals surface area contributed by atoms with Crippen LogP contribution in [0.2, 0.25) is 0 Å². The zero-order valence-electron chi connectivity index (χ0n) is 11.3. The Morgan fingerprint density at radius 3 is 2.63 bits per heavy atom. The summed E-state index contributed by atoms with van der Waals surface area (Å²) in [7, 11) is -1.53. The van der Waals surface area contributed by atoms with Crippen LogP contribution in [0.4, 0.5) is 0 Å². The van der Waals surface area contributed by atoms with Crippen molar-refractivity contribution in [1.82, 2.24) is 9.62 Å². The van der Waals surface area contributed by atoms with E-state index in [1.165, 1.54) is 4.31 Å². The second kappa shape index (κ2) is 6.00. The van der Waals surface area contributed by atoms with E-state index < -0.39 is 10.0 Å². The molecule has 0 aromatic heterocycles. The van der Waals surface area contributed by atoms with Crippen LogP contribution in [0.3, 0.4) is 0 Å². The van der Waals surface area contributed by atoms with E-state index in [0.29, 0.717) is 24.6 Å². The third-order valence-corrected chi connectivity index (χ3v) is 5.03. The number of benzene rings is 1. The topological polar surface area (TPSA) is 58.6 Å². The van der Waals surface area contributed by atoms with Gasteiger partial charge in [0.05, 0.1) is 17.6 Å². The molecule has 1 aliphatic heterocycles. The van der Waals surface area contributed by atoms with E-state index in [9.17, 15) is 8.42 Å². The Morgan fingerprint density at radius 1 is 1.37 bits per heavy atom. The average molecular weight is 284 g/mol. The van der Waals surface area contributed by atoms with Gasteiger partial charge in [-0.3, -0.25) is 0 Å². The summed E-state index contributed by atoms with van der Waals surface area (Å²) in [6, 6.07) is 7.02. The molecule has 1 saturated heterocycles. The highest BCUT2D eigenvalue weighted by molar-refractivity contribution is 7.89. The maximum atomic E-state index is 12.5. The molecule has 2 rings (SSSR count). The molecule has 0 bridgehead atoms. The maximum Gasteiger partial charge on any atom is 0.243 e. The first kappa shape index (κ1) is 14.5. The van der Waals surface area contributed by atoms with Crippen molar-refractivity contribution in [2.75, 3.05) is 26.7 Å². The molecule has 0 spiro atoms. The summed E-state index contributed by atoms with van der Waals surface area (Å²) in [5.74, 6) is 0. The molecule has 0 saturated carbocycles. The lowest BCUT2D eigenvalue weighted by Gasteiger charge is -2.30. The number of nitrogens with zero attached hydrogens (tertiary/aromatic N) is 1. The maximum absolute atomic E-state index is 12.5. The fourth-order valence-corrected chi connectivity index (χ4v) is 3.64. The zero-order valence-corrected chi connectivity index (χ0v) is 12.1. The van der Waals surface area contributed by atoms with Crippen LogP contribution in [0.15, 0.2) is 29.2 Å². The molecule has 0 amide bonds. The van der Waals surface area contributed by atoms with E-state index in [4.69, 9.17) is 4.74 Å². The van der Waals surface area contributed by atoms with Gasteiger partial charge in [-0.25, -0.2) is 8.42 Å². The Kier molecular flexibility index (Phi) is 4.57. The molecular formula is C13H20N2O3S. The van der Waals surface area contributed by atoms with Crippen molar-refractivity contribution in [1.29, 1.82) is 0 Å². The molecule has 1 N–H and O–H groups in total. The highest BCUT2D eigenvalue weighted by Crippen LogP contribution is 2.19. The van der Waals surface area contributed by atoms with Gasteiger partial charge in [0.15, 0.2) is 0 Å². The van der Waals surface area contributed by atoms with Crippen LogP contribution in [-0.4, -0.2) is 45.6 Å². The quantitative estimate of drug-likeness (QED) is 0.889. The number of rotatable bonds is 4. The van der Waals surface area contributed by atoms with Gasteiger partial charge in [-0.2, -0.15) is 4.31 Å². The van der Waals surface area contributed by atoms with E-state index in [1.807, 2.05) is 26.1 Å².